The van der Waals surface area contributed by atoms with Crippen molar-refractivity contribution in [2.75, 3.05) is 13.2 Å². The van der Waals surface area contributed by atoms with Crippen LogP contribution >= 0.6 is 0 Å². The van der Waals surface area contributed by atoms with Gasteiger partial charge in [-0.15, -0.1) is 0 Å². The number of carbonyl (C=O) groups is 1. The molecule has 4 heteroatoms. The van der Waals surface area contributed by atoms with Crippen molar-refractivity contribution in [3.8, 4) is 11.5 Å². The fourth-order valence-electron chi connectivity index (χ4n) is 0.967. The number of benzene rings is 1. The van der Waals surface area contributed by atoms with Gasteiger partial charge in [0.15, 0.2) is 11.5 Å². The third kappa shape index (κ3) is 3.35. The molecule has 0 aliphatic rings. The van der Waals surface area contributed by atoms with Gasteiger partial charge in [-0.3, -0.25) is 4.79 Å². The van der Waals surface area contributed by atoms with Crippen molar-refractivity contribution >= 4 is 5.91 Å². The van der Waals surface area contributed by atoms with Crippen molar-refractivity contribution in [2.24, 2.45) is 0 Å². The molecule has 0 atom stereocenters. The maximum absolute atomic E-state index is 10.5. The zero-order valence-corrected chi connectivity index (χ0v) is 7.99. The second-order valence-corrected chi connectivity index (χ2v) is 2.80. The van der Waals surface area contributed by atoms with Crippen molar-refractivity contribution in [1.82, 2.24) is 5.32 Å². The van der Waals surface area contributed by atoms with Crippen LogP contribution in [0.4, 0.5) is 0 Å². The number of hydrogen-bond acceptors (Lipinski definition) is 3. The average Bonchev–Trinajstić information content (AvgIpc) is 2.15. The van der Waals surface area contributed by atoms with Crippen LogP contribution in [0.2, 0.25) is 0 Å². The van der Waals surface area contributed by atoms with E-state index in [0.29, 0.717) is 18.9 Å². The minimum atomic E-state index is -0.0918. The SMILES string of the molecule is CC(=O)NCCOc1ccccc1O. The normalized spacial score (nSPS) is 9.50. The molecule has 0 aromatic heterocycles. The summed E-state index contributed by atoms with van der Waals surface area (Å²) in [5.74, 6) is 0.444. The van der Waals surface area contributed by atoms with Crippen LogP contribution < -0.4 is 10.1 Å². The largest absolute Gasteiger partial charge is 0.504 e. The number of aromatic hydroxyl groups is 1. The first-order valence-electron chi connectivity index (χ1n) is 4.35. The van der Waals surface area contributed by atoms with Crippen LogP contribution in [0.5, 0.6) is 11.5 Å². The number of ether oxygens (including phenoxy) is 1. The van der Waals surface area contributed by atoms with Gasteiger partial charge in [0, 0.05) is 6.92 Å². The Bertz CT molecular complexity index is 312. The van der Waals surface area contributed by atoms with Crippen LogP contribution in [-0.4, -0.2) is 24.2 Å². The minimum Gasteiger partial charge on any atom is -0.504 e. The predicted octanol–water partition coefficient (Wildman–Crippen LogP) is 0.907. The Labute approximate surface area is 82.5 Å². The van der Waals surface area contributed by atoms with Crippen molar-refractivity contribution in [3.63, 3.8) is 0 Å². The van der Waals surface area contributed by atoms with Crippen LogP contribution in [0.15, 0.2) is 24.3 Å². The molecule has 0 spiro atoms. The predicted molar refractivity (Wildman–Crippen MR) is 52.3 cm³/mol. The zero-order chi connectivity index (χ0) is 10.4. The summed E-state index contributed by atoms with van der Waals surface area (Å²) in [7, 11) is 0. The second kappa shape index (κ2) is 5.11. The van der Waals surface area contributed by atoms with E-state index in [2.05, 4.69) is 5.32 Å². The lowest BCUT2D eigenvalue weighted by atomic mass is 10.3. The molecule has 1 rings (SSSR count). The lowest BCUT2D eigenvalue weighted by molar-refractivity contribution is -0.119. The molecule has 4 nitrogen and oxygen atoms in total. The summed E-state index contributed by atoms with van der Waals surface area (Å²) in [5, 5.41) is 11.9. The molecule has 76 valence electrons. The molecule has 0 aliphatic heterocycles. The first-order chi connectivity index (χ1) is 6.70. The number of phenols is 1. The van der Waals surface area contributed by atoms with Crippen LogP contribution in [0.1, 0.15) is 6.92 Å². The lowest BCUT2D eigenvalue weighted by Gasteiger charge is -2.07. The number of phenolic OH excluding ortho intramolecular Hbond substituents is 1. The number of hydrogen-bond donors (Lipinski definition) is 2. The van der Waals surface area contributed by atoms with Gasteiger partial charge in [-0.05, 0) is 12.1 Å². The highest BCUT2D eigenvalue weighted by atomic mass is 16.5. The quantitative estimate of drug-likeness (QED) is 0.702. The van der Waals surface area contributed by atoms with Crippen molar-refractivity contribution in [3.05, 3.63) is 24.3 Å². The van der Waals surface area contributed by atoms with Gasteiger partial charge in [-0.25, -0.2) is 0 Å². The Morgan fingerprint density at radius 2 is 2.21 bits per heavy atom. The van der Waals surface area contributed by atoms with Crippen molar-refractivity contribution in [2.45, 2.75) is 6.92 Å². The van der Waals surface area contributed by atoms with Crippen molar-refractivity contribution in [1.29, 1.82) is 0 Å². The second-order valence-electron chi connectivity index (χ2n) is 2.80. The van der Waals surface area contributed by atoms with Crippen molar-refractivity contribution < 1.29 is 14.6 Å². The van der Waals surface area contributed by atoms with Gasteiger partial charge in [-0.1, -0.05) is 12.1 Å². The van der Waals surface area contributed by atoms with Crippen LogP contribution in [-0.2, 0) is 4.79 Å². The van der Waals surface area contributed by atoms with Crippen LogP contribution in [0, 0.1) is 0 Å². The first kappa shape index (κ1) is 10.4. The number of amides is 1. The summed E-state index contributed by atoms with van der Waals surface area (Å²) in [6.07, 6.45) is 0. The van der Waals surface area contributed by atoms with Gasteiger partial charge < -0.3 is 15.2 Å². The molecular formula is C10H13NO3. The molecule has 0 fully saturated rings. The van der Waals surface area contributed by atoms with E-state index in [4.69, 9.17) is 4.74 Å². The van der Waals surface area contributed by atoms with E-state index in [0.717, 1.165) is 0 Å². The maximum atomic E-state index is 10.5. The number of nitrogens with one attached hydrogen (secondary N) is 1. The Balaban J connectivity index is 2.31. The fourth-order valence-corrected chi connectivity index (χ4v) is 0.967. The highest BCUT2D eigenvalue weighted by Gasteiger charge is 1.99. The lowest BCUT2D eigenvalue weighted by Crippen LogP contribution is -2.25. The molecule has 14 heavy (non-hydrogen) atoms. The molecule has 0 unspecified atom stereocenters. The Morgan fingerprint density at radius 1 is 1.50 bits per heavy atom. The smallest absolute Gasteiger partial charge is 0.216 e. The van der Waals surface area contributed by atoms with Gasteiger partial charge >= 0.3 is 0 Å². The molecule has 0 saturated heterocycles. The third-order valence-electron chi connectivity index (χ3n) is 1.60. The summed E-state index contributed by atoms with van der Waals surface area (Å²) >= 11 is 0. The van der Waals surface area contributed by atoms with Gasteiger partial charge in [0.05, 0.1) is 6.54 Å². The topological polar surface area (TPSA) is 58.6 Å². The summed E-state index contributed by atoms with van der Waals surface area (Å²) in [5.41, 5.74) is 0. The molecule has 1 aromatic rings. The molecule has 0 saturated carbocycles. The van der Waals surface area contributed by atoms with E-state index < -0.39 is 0 Å². The van der Waals surface area contributed by atoms with Crippen LogP contribution in [0.25, 0.3) is 0 Å². The Morgan fingerprint density at radius 3 is 2.86 bits per heavy atom. The highest BCUT2D eigenvalue weighted by Crippen LogP contribution is 2.23. The van der Waals surface area contributed by atoms with Gasteiger partial charge in [-0.2, -0.15) is 0 Å². The van der Waals surface area contributed by atoms with E-state index in [1.807, 2.05) is 0 Å². The summed E-state index contributed by atoms with van der Waals surface area (Å²) in [6.45, 7) is 2.22. The molecular weight excluding hydrogens is 182 g/mol. The van der Waals surface area contributed by atoms with Gasteiger partial charge in [0.2, 0.25) is 5.91 Å². The molecule has 0 aliphatic carbocycles. The van der Waals surface area contributed by atoms with E-state index in [1.165, 1.54) is 6.92 Å². The van der Waals surface area contributed by atoms with Gasteiger partial charge in [0.25, 0.3) is 0 Å². The van der Waals surface area contributed by atoms with E-state index in [1.54, 1.807) is 24.3 Å². The maximum Gasteiger partial charge on any atom is 0.216 e. The monoisotopic (exact) mass is 195 g/mol. The highest BCUT2D eigenvalue weighted by molar-refractivity contribution is 5.72. The molecule has 0 bridgehead atoms. The number of rotatable bonds is 4. The third-order valence-corrected chi connectivity index (χ3v) is 1.60. The first-order valence-corrected chi connectivity index (χ1v) is 4.35. The number of para-hydroxylation sites is 2. The molecule has 0 heterocycles. The van der Waals surface area contributed by atoms with E-state index in [-0.39, 0.29) is 11.7 Å². The molecule has 1 aromatic carbocycles. The average molecular weight is 195 g/mol. The van der Waals surface area contributed by atoms with Gasteiger partial charge in [0.1, 0.15) is 6.61 Å². The molecule has 2 N–H and O–H groups in total. The minimum absolute atomic E-state index is 0.0918. The molecule has 1 amide bonds. The van der Waals surface area contributed by atoms with E-state index in [9.17, 15) is 9.90 Å². The standard InChI is InChI=1S/C10H13NO3/c1-8(12)11-6-7-14-10-5-3-2-4-9(10)13/h2-5,13H,6-7H2,1H3,(H,11,12). The fraction of sp³-hybridized carbons (Fsp3) is 0.300. The summed E-state index contributed by atoms with van der Waals surface area (Å²) in [6, 6.07) is 6.71. The van der Waals surface area contributed by atoms with E-state index >= 15 is 0 Å². The Hall–Kier alpha value is -1.71. The summed E-state index contributed by atoms with van der Waals surface area (Å²) in [4.78, 5) is 10.5. The number of carbonyl (C=O) groups excluding carboxylic acids is 1. The Kier molecular flexibility index (Phi) is 3.79. The zero-order valence-electron chi connectivity index (χ0n) is 7.99. The van der Waals surface area contributed by atoms with Crippen LogP contribution in [0.3, 0.4) is 0 Å². The molecule has 0 radical (unpaired) electrons. The summed E-state index contributed by atoms with van der Waals surface area (Å²) < 4.78 is 5.22.